The highest BCUT2D eigenvalue weighted by Gasteiger charge is 2.15. The fourth-order valence-corrected chi connectivity index (χ4v) is 3.17. The van der Waals surface area contributed by atoms with Gasteiger partial charge in [-0.05, 0) is 51.8 Å². The van der Waals surface area contributed by atoms with Crippen molar-refractivity contribution < 1.29 is 9.47 Å². The number of ether oxygens (including phenoxy) is 2. The Morgan fingerprint density at radius 3 is 2.12 bits per heavy atom. The lowest BCUT2D eigenvalue weighted by molar-refractivity contribution is 0.165. The molecule has 0 aliphatic carbocycles. The zero-order valence-corrected chi connectivity index (χ0v) is 17.3. The van der Waals surface area contributed by atoms with Crippen LogP contribution in [0.2, 0.25) is 0 Å². The largest absolute Gasteiger partial charge is 0.493 e. The van der Waals surface area contributed by atoms with Crippen LogP contribution in [0.3, 0.4) is 0 Å². The quantitative estimate of drug-likeness (QED) is 0.404. The lowest BCUT2D eigenvalue weighted by atomic mass is 10.1. The van der Waals surface area contributed by atoms with E-state index in [-0.39, 0.29) is 0 Å². The van der Waals surface area contributed by atoms with Gasteiger partial charge in [0.05, 0.1) is 13.7 Å². The van der Waals surface area contributed by atoms with E-state index in [4.69, 9.17) is 9.47 Å². The molecule has 0 aliphatic rings. The number of hydrogen-bond acceptors (Lipinski definition) is 3. The second-order valence-electron chi connectivity index (χ2n) is 7.46. The van der Waals surface area contributed by atoms with Gasteiger partial charge in [0.25, 0.3) is 0 Å². The van der Waals surface area contributed by atoms with E-state index in [1.54, 1.807) is 7.11 Å². The van der Waals surface area contributed by atoms with Crippen LogP contribution >= 0.6 is 0 Å². The van der Waals surface area contributed by atoms with Gasteiger partial charge in [0.15, 0.2) is 11.5 Å². The molecule has 25 heavy (non-hydrogen) atoms. The topological polar surface area (TPSA) is 21.7 Å². The van der Waals surface area contributed by atoms with Gasteiger partial charge in [-0.2, -0.15) is 0 Å². The molecule has 0 aromatic heterocycles. The van der Waals surface area contributed by atoms with Crippen LogP contribution in [-0.2, 0) is 6.54 Å². The number of nitrogens with zero attached hydrogens (tertiary/aromatic N) is 1. The zero-order valence-electron chi connectivity index (χ0n) is 17.3. The first-order valence-electron chi connectivity index (χ1n) is 10.0. The van der Waals surface area contributed by atoms with Crippen LogP contribution < -0.4 is 9.47 Å². The summed E-state index contributed by atoms with van der Waals surface area (Å²) in [6, 6.07) is 7.39. The Bertz CT molecular complexity index is 463. The predicted octanol–water partition coefficient (Wildman–Crippen LogP) is 6.05. The van der Waals surface area contributed by atoms with E-state index >= 15 is 0 Å². The van der Waals surface area contributed by atoms with Gasteiger partial charge in [0.2, 0.25) is 0 Å². The Hall–Kier alpha value is -1.22. The van der Waals surface area contributed by atoms with E-state index in [9.17, 15) is 0 Å². The van der Waals surface area contributed by atoms with Crippen molar-refractivity contribution in [2.75, 3.05) is 13.7 Å². The van der Waals surface area contributed by atoms with Crippen LogP contribution in [0, 0.1) is 0 Å². The summed E-state index contributed by atoms with van der Waals surface area (Å²) in [5.41, 5.74) is 1.27. The van der Waals surface area contributed by atoms with Gasteiger partial charge in [0.1, 0.15) is 0 Å². The highest BCUT2D eigenvalue weighted by Crippen LogP contribution is 2.29. The molecule has 1 aromatic carbocycles. The van der Waals surface area contributed by atoms with Crippen molar-refractivity contribution in [3.63, 3.8) is 0 Å². The van der Waals surface area contributed by atoms with Gasteiger partial charge in [0, 0.05) is 18.6 Å². The van der Waals surface area contributed by atoms with Crippen LogP contribution in [0.15, 0.2) is 18.2 Å². The zero-order chi connectivity index (χ0) is 18.7. The number of rotatable bonds is 13. The van der Waals surface area contributed by atoms with Crippen molar-refractivity contribution in [2.24, 2.45) is 0 Å². The molecule has 0 unspecified atom stereocenters. The molecule has 0 radical (unpaired) electrons. The molecule has 3 nitrogen and oxygen atoms in total. The van der Waals surface area contributed by atoms with E-state index in [2.05, 4.69) is 57.7 Å². The van der Waals surface area contributed by atoms with Gasteiger partial charge < -0.3 is 9.47 Å². The Morgan fingerprint density at radius 2 is 1.52 bits per heavy atom. The van der Waals surface area contributed by atoms with Crippen molar-refractivity contribution in [3.8, 4) is 11.5 Å². The number of benzene rings is 1. The van der Waals surface area contributed by atoms with Crippen molar-refractivity contribution in [1.29, 1.82) is 0 Å². The second kappa shape index (κ2) is 12.2. The molecule has 0 heterocycles. The fourth-order valence-electron chi connectivity index (χ4n) is 3.17. The highest BCUT2D eigenvalue weighted by atomic mass is 16.5. The first kappa shape index (κ1) is 21.8. The molecule has 0 aliphatic heterocycles. The van der Waals surface area contributed by atoms with Gasteiger partial charge in [-0.3, -0.25) is 4.90 Å². The average Bonchev–Trinajstić information content (AvgIpc) is 2.58. The van der Waals surface area contributed by atoms with Crippen LogP contribution in [0.1, 0.15) is 78.7 Å². The maximum Gasteiger partial charge on any atom is 0.161 e. The van der Waals surface area contributed by atoms with E-state index in [0.717, 1.165) is 31.1 Å². The summed E-state index contributed by atoms with van der Waals surface area (Å²) >= 11 is 0. The van der Waals surface area contributed by atoms with Crippen LogP contribution in [0.25, 0.3) is 0 Å². The molecule has 0 fully saturated rings. The number of unbranched alkanes of at least 4 members (excludes halogenated alkanes) is 5. The third-order valence-electron chi connectivity index (χ3n) is 4.68. The molecule has 0 N–H and O–H groups in total. The van der Waals surface area contributed by atoms with Gasteiger partial charge in [-0.25, -0.2) is 0 Å². The summed E-state index contributed by atoms with van der Waals surface area (Å²) in [4.78, 5) is 2.48. The summed E-state index contributed by atoms with van der Waals surface area (Å²) in [6.07, 6.45) is 7.66. The SMILES string of the molecule is CCCCCCCCOc1ccc(CN(C(C)C)C(C)C)cc1OC. The molecule has 0 spiro atoms. The molecule has 0 saturated heterocycles. The summed E-state index contributed by atoms with van der Waals surface area (Å²) in [5, 5.41) is 0. The normalized spacial score (nSPS) is 11.6. The van der Waals surface area contributed by atoms with E-state index in [1.807, 2.05) is 0 Å². The van der Waals surface area contributed by atoms with E-state index in [0.29, 0.717) is 12.1 Å². The molecule has 3 heteroatoms. The third-order valence-corrected chi connectivity index (χ3v) is 4.68. The summed E-state index contributed by atoms with van der Waals surface area (Å²) < 4.78 is 11.5. The van der Waals surface area contributed by atoms with Crippen molar-refractivity contribution in [1.82, 2.24) is 4.90 Å². The molecule has 0 atom stereocenters. The molecule has 144 valence electrons. The molecule has 1 rings (SSSR count). The minimum absolute atomic E-state index is 0.523. The van der Waals surface area contributed by atoms with Crippen LogP contribution in [0.4, 0.5) is 0 Å². The average molecular weight is 350 g/mol. The minimum Gasteiger partial charge on any atom is -0.493 e. The molecule has 0 saturated carbocycles. The highest BCUT2D eigenvalue weighted by molar-refractivity contribution is 5.43. The monoisotopic (exact) mass is 349 g/mol. The summed E-state index contributed by atoms with van der Waals surface area (Å²) in [7, 11) is 1.72. The minimum atomic E-state index is 0.523. The summed E-state index contributed by atoms with van der Waals surface area (Å²) in [6.45, 7) is 12.9. The van der Waals surface area contributed by atoms with E-state index in [1.165, 1.54) is 37.7 Å². The Kier molecular flexibility index (Phi) is 10.6. The fraction of sp³-hybridized carbons (Fsp3) is 0.727. The summed E-state index contributed by atoms with van der Waals surface area (Å²) in [5.74, 6) is 1.70. The lowest BCUT2D eigenvalue weighted by Crippen LogP contribution is -2.36. The van der Waals surface area contributed by atoms with Crippen molar-refractivity contribution >= 4 is 0 Å². The maximum atomic E-state index is 5.95. The number of methoxy groups -OCH3 is 1. The van der Waals surface area contributed by atoms with E-state index < -0.39 is 0 Å². The molecular weight excluding hydrogens is 310 g/mol. The first-order valence-corrected chi connectivity index (χ1v) is 10.0. The smallest absolute Gasteiger partial charge is 0.161 e. The van der Waals surface area contributed by atoms with Crippen molar-refractivity contribution in [3.05, 3.63) is 23.8 Å². The van der Waals surface area contributed by atoms with Crippen molar-refractivity contribution in [2.45, 2.75) is 91.8 Å². The van der Waals surface area contributed by atoms with Gasteiger partial charge in [-0.1, -0.05) is 45.1 Å². The third kappa shape index (κ3) is 8.13. The maximum absolute atomic E-state index is 5.95. The standard InChI is InChI=1S/C22H39NO2/c1-7-8-9-10-11-12-15-25-21-14-13-20(16-22(21)24-6)17-23(18(2)3)19(4)5/h13-14,16,18-19H,7-12,15,17H2,1-6H3. The Morgan fingerprint density at radius 1 is 0.880 bits per heavy atom. The second-order valence-corrected chi connectivity index (χ2v) is 7.46. The van der Waals surface area contributed by atoms with Gasteiger partial charge >= 0.3 is 0 Å². The molecular formula is C22H39NO2. The predicted molar refractivity (Wildman–Crippen MR) is 108 cm³/mol. The lowest BCUT2D eigenvalue weighted by Gasteiger charge is -2.30. The van der Waals surface area contributed by atoms with Crippen LogP contribution in [-0.4, -0.2) is 30.7 Å². The Balaban J connectivity index is 2.54. The first-order chi connectivity index (χ1) is 12.0. The molecule has 0 amide bonds. The van der Waals surface area contributed by atoms with Crippen LogP contribution in [0.5, 0.6) is 11.5 Å². The Labute approximate surface area is 155 Å². The molecule has 1 aromatic rings. The molecule has 0 bridgehead atoms. The number of hydrogen-bond donors (Lipinski definition) is 0. The van der Waals surface area contributed by atoms with Gasteiger partial charge in [-0.15, -0.1) is 0 Å².